The number of morpholine rings is 1. The fourth-order valence-electron chi connectivity index (χ4n) is 5.62. The van der Waals surface area contributed by atoms with Crippen LogP contribution in [-0.2, 0) is 35.1 Å². The van der Waals surface area contributed by atoms with E-state index in [2.05, 4.69) is 20.4 Å². The van der Waals surface area contributed by atoms with Crippen molar-refractivity contribution in [1.82, 2.24) is 19.8 Å². The maximum Gasteiger partial charge on any atom is 0.491 e. The number of hydrogen-bond donors (Lipinski definition) is 2. The van der Waals surface area contributed by atoms with Crippen molar-refractivity contribution in [2.24, 2.45) is 0 Å². The summed E-state index contributed by atoms with van der Waals surface area (Å²) in [4.78, 5) is 69.6. The van der Waals surface area contributed by atoms with Gasteiger partial charge in [0.15, 0.2) is 5.76 Å². The number of unbranched alkanes of at least 4 members (excludes halogenated alkanes) is 4. The van der Waals surface area contributed by atoms with Crippen LogP contribution in [0.1, 0.15) is 59.3 Å². The summed E-state index contributed by atoms with van der Waals surface area (Å²) in [5.41, 5.74) is -0.731. The van der Waals surface area contributed by atoms with E-state index in [0.717, 1.165) is 12.8 Å². The lowest BCUT2D eigenvalue weighted by molar-refractivity contribution is -0.196. The van der Waals surface area contributed by atoms with Gasteiger partial charge in [0.25, 0.3) is 5.56 Å². The minimum absolute atomic E-state index is 0.145. The number of ether oxygens (including phenoxy) is 3. The molecule has 1 aliphatic heterocycles. The van der Waals surface area contributed by atoms with Gasteiger partial charge in [-0.05, 0) is 45.6 Å². The molecule has 1 aromatic heterocycles. The maximum atomic E-state index is 13.4. The van der Waals surface area contributed by atoms with E-state index in [1.165, 1.54) is 10.8 Å². The molecule has 1 atom stereocenters. The first-order valence-corrected chi connectivity index (χ1v) is 17.1. The summed E-state index contributed by atoms with van der Waals surface area (Å²) >= 11 is 0. The first-order valence-electron chi connectivity index (χ1n) is 17.1. The monoisotopic (exact) mass is 731 g/mol. The molecule has 1 fully saturated rings. The summed E-state index contributed by atoms with van der Waals surface area (Å²) in [5, 5.41) is 5.20. The molecule has 0 spiro atoms. The van der Waals surface area contributed by atoms with Crippen LogP contribution in [0.4, 0.5) is 23.7 Å². The Morgan fingerprint density at radius 3 is 2.33 bits per heavy atom. The second-order valence-electron chi connectivity index (χ2n) is 13.3. The molecular weight excluding hydrogens is 687 g/mol. The second kappa shape index (κ2) is 18.1. The van der Waals surface area contributed by atoms with Crippen LogP contribution < -0.4 is 16.2 Å². The molecule has 1 aliphatic carbocycles. The number of allylic oxidation sites excluding steroid dienone is 2. The SMILES string of the molecule is CC(C)(C)OC(=O)Nc1cnc(-c2ccccc2)n(CC(=O)NCCCCCCCC2=C(OC(=O)C(F)(F)F)C(=O)C(N3CCOCC3)C=C2)c1=O. The van der Waals surface area contributed by atoms with Gasteiger partial charge in [-0.15, -0.1) is 0 Å². The van der Waals surface area contributed by atoms with E-state index >= 15 is 0 Å². The van der Waals surface area contributed by atoms with Crippen molar-refractivity contribution in [2.75, 3.05) is 38.2 Å². The smallest absolute Gasteiger partial charge is 0.444 e. The predicted molar refractivity (Wildman–Crippen MR) is 184 cm³/mol. The zero-order valence-corrected chi connectivity index (χ0v) is 29.4. The lowest BCUT2D eigenvalue weighted by atomic mass is 9.94. The normalized spacial score (nSPS) is 16.8. The molecule has 52 heavy (non-hydrogen) atoms. The third-order valence-corrected chi connectivity index (χ3v) is 8.09. The van der Waals surface area contributed by atoms with E-state index in [4.69, 9.17) is 9.47 Å². The maximum absolute atomic E-state index is 13.4. The molecule has 0 bridgehead atoms. The Balaban J connectivity index is 1.28. The number of ketones is 1. The molecule has 1 saturated heterocycles. The number of halogens is 3. The molecule has 2 heterocycles. The Morgan fingerprint density at radius 2 is 1.65 bits per heavy atom. The molecule has 2 amide bonds. The highest BCUT2D eigenvalue weighted by atomic mass is 19.4. The average Bonchev–Trinajstić information content (AvgIpc) is 3.08. The zero-order chi connectivity index (χ0) is 37.9. The summed E-state index contributed by atoms with van der Waals surface area (Å²) in [5.74, 6) is -3.89. The predicted octanol–water partition coefficient (Wildman–Crippen LogP) is 4.91. The van der Waals surface area contributed by atoms with Crippen molar-refractivity contribution in [3.8, 4) is 11.4 Å². The van der Waals surface area contributed by atoms with Crippen molar-refractivity contribution in [3.05, 3.63) is 70.4 Å². The molecular formula is C36H44F3N5O8. The number of carbonyl (C=O) groups is 4. The number of nitrogens with one attached hydrogen (secondary N) is 2. The lowest BCUT2D eigenvalue weighted by Crippen LogP contribution is -2.48. The molecule has 2 aliphatic rings. The number of aromatic nitrogens is 2. The quantitative estimate of drug-likeness (QED) is 0.202. The summed E-state index contributed by atoms with van der Waals surface area (Å²) < 4.78 is 55.4. The molecule has 1 aromatic carbocycles. The van der Waals surface area contributed by atoms with Crippen LogP contribution in [0, 0.1) is 0 Å². The van der Waals surface area contributed by atoms with Crippen LogP contribution in [0.2, 0.25) is 0 Å². The standard InChI is InChI=1S/C36H44F3N5O8/c1-35(2,3)52-34(49)42-26-22-41-31(25-13-9-7-10-14-25)44(32(26)47)23-28(45)40-17-11-6-4-5-8-12-24-15-16-27(43-18-20-50-21-19-43)29(46)30(24)51-33(48)36(37,38)39/h7,9-10,13-16,22,27H,4-6,8,11-12,17-21,23H2,1-3H3,(H,40,45)(H,42,49). The highest BCUT2D eigenvalue weighted by Crippen LogP contribution is 2.28. The fraction of sp³-hybridized carbons (Fsp3) is 0.500. The number of alkyl halides is 3. The van der Waals surface area contributed by atoms with E-state index in [1.807, 2.05) is 0 Å². The van der Waals surface area contributed by atoms with Crippen LogP contribution in [0.25, 0.3) is 11.4 Å². The van der Waals surface area contributed by atoms with Gasteiger partial charge in [0.1, 0.15) is 23.7 Å². The van der Waals surface area contributed by atoms with Crippen molar-refractivity contribution in [2.45, 2.75) is 83.7 Å². The van der Waals surface area contributed by atoms with E-state index in [-0.39, 0.29) is 30.1 Å². The fourth-order valence-corrected chi connectivity index (χ4v) is 5.62. The molecule has 16 heteroatoms. The molecule has 4 rings (SSSR count). The largest absolute Gasteiger partial charge is 0.491 e. The lowest BCUT2D eigenvalue weighted by Gasteiger charge is -2.33. The van der Waals surface area contributed by atoms with Gasteiger partial charge in [-0.25, -0.2) is 14.6 Å². The number of Topliss-reactive ketones (excluding diaryl/α,β-unsaturated/α-hetero) is 1. The third-order valence-electron chi connectivity index (χ3n) is 8.09. The Labute approximate surface area is 299 Å². The van der Waals surface area contributed by atoms with Gasteiger partial charge in [0, 0.05) is 25.2 Å². The van der Waals surface area contributed by atoms with Gasteiger partial charge in [-0.1, -0.05) is 61.7 Å². The van der Waals surface area contributed by atoms with E-state index < -0.39 is 52.9 Å². The highest BCUT2D eigenvalue weighted by Gasteiger charge is 2.44. The molecule has 0 radical (unpaired) electrons. The van der Waals surface area contributed by atoms with Crippen molar-refractivity contribution >= 4 is 29.4 Å². The van der Waals surface area contributed by atoms with Crippen LogP contribution in [0.3, 0.4) is 0 Å². The van der Waals surface area contributed by atoms with E-state index in [0.29, 0.717) is 57.7 Å². The first-order chi connectivity index (χ1) is 24.6. The average molecular weight is 732 g/mol. The Morgan fingerprint density at radius 1 is 0.981 bits per heavy atom. The van der Waals surface area contributed by atoms with Crippen molar-refractivity contribution in [3.63, 3.8) is 0 Å². The summed E-state index contributed by atoms with van der Waals surface area (Å²) in [6.45, 7) is 6.62. The number of nitrogens with zero attached hydrogens (tertiary/aromatic N) is 3. The minimum Gasteiger partial charge on any atom is -0.444 e. The third kappa shape index (κ3) is 11.6. The van der Waals surface area contributed by atoms with Gasteiger partial charge in [0.2, 0.25) is 11.7 Å². The second-order valence-corrected chi connectivity index (χ2v) is 13.3. The minimum atomic E-state index is -5.25. The molecule has 2 aromatic rings. The first kappa shape index (κ1) is 39.9. The number of carbonyl (C=O) groups excluding carboxylic acids is 4. The van der Waals surface area contributed by atoms with Gasteiger partial charge in [-0.2, -0.15) is 13.2 Å². The van der Waals surface area contributed by atoms with Gasteiger partial charge in [-0.3, -0.25) is 29.2 Å². The van der Waals surface area contributed by atoms with Crippen LogP contribution >= 0.6 is 0 Å². The molecule has 2 N–H and O–H groups in total. The Hall–Kier alpha value is -4.83. The Bertz CT molecular complexity index is 1710. The van der Waals surface area contributed by atoms with Gasteiger partial charge in [0.05, 0.1) is 25.5 Å². The zero-order valence-electron chi connectivity index (χ0n) is 29.4. The van der Waals surface area contributed by atoms with Crippen molar-refractivity contribution in [1.29, 1.82) is 0 Å². The number of anilines is 1. The molecule has 282 valence electrons. The number of benzene rings is 1. The van der Waals surface area contributed by atoms with Crippen LogP contribution in [0.15, 0.2) is 64.8 Å². The molecule has 13 nitrogen and oxygen atoms in total. The number of hydrogen-bond acceptors (Lipinski definition) is 10. The number of amides is 2. The van der Waals surface area contributed by atoms with Gasteiger partial charge >= 0.3 is 18.2 Å². The van der Waals surface area contributed by atoms with Crippen molar-refractivity contribution < 1.29 is 46.6 Å². The van der Waals surface area contributed by atoms with Crippen LogP contribution in [0.5, 0.6) is 0 Å². The summed E-state index contributed by atoms with van der Waals surface area (Å²) in [6.07, 6.45) is 1.82. The van der Waals surface area contributed by atoms with Crippen LogP contribution in [-0.4, -0.2) is 88.9 Å². The number of esters is 1. The molecule has 1 unspecified atom stereocenters. The topological polar surface area (TPSA) is 158 Å². The van der Waals surface area contributed by atoms with E-state index in [1.54, 1.807) is 68.2 Å². The molecule has 0 saturated carbocycles. The van der Waals surface area contributed by atoms with Gasteiger partial charge < -0.3 is 19.5 Å². The van der Waals surface area contributed by atoms with E-state index in [9.17, 15) is 37.1 Å². The summed E-state index contributed by atoms with van der Waals surface area (Å²) in [6, 6.07) is 7.99. The number of rotatable bonds is 14. The summed E-state index contributed by atoms with van der Waals surface area (Å²) in [7, 11) is 0. The Kier molecular flexibility index (Phi) is 13.9. The highest BCUT2D eigenvalue weighted by molar-refractivity contribution is 6.03.